The van der Waals surface area contributed by atoms with E-state index in [0.29, 0.717) is 30.1 Å². The van der Waals surface area contributed by atoms with Crippen LogP contribution in [0.2, 0.25) is 0 Å². The molecule has 0 unspecified atom stereocenters. The van der Waals surface area contributed by atoms with Crippen molar-refractivity contribution >= 4 is 33.3 Å². The third kappa shape index (κ3) is 8.25. The first kappa shape index (κ1) is 30.7. The maximum atomic E-state index is 13.1. The van der Waals surface area contributed by atoms with Crippen molar-refractivity contribution in [3.63, 3.8) is 0 Å². The van der Waals surface area contributed by atoms with Crippen molar-refractivity contribution in [2.24, 2.45) is 0 Å². The summed E-state index contributed by atoms with van der Waals surface area (Å²) < 4.78 is 65.7. The lowest BCUT2D eigenvalue weighted by Gasteiger charge is -2.31. The van der Waals surface area contributed by atoms with Crippen molar-refractivity contribution in [3.05, 3.63) is 48.0 Å². The molecule has 1 aliphatic heterocycles. The summed E-state index contributed by atoms with van der Waals surface area (Å²) >= 11 is 0. The van der Waals surface area contributed by atoms with Crippen molar-refractivity contribution in [2.45, 2.75) is 24.9 Å². The number of carboxylic acid groups (broad SMARTS) is 1. The monoisotopic (exact) mass is 560 g/mol. The minimum atomic E-state index is -5.08. The summed E-state index contributed by atoms with van der Waals surface area (Å²) in [6, 6.07) is 11.4. The number of halogens is 3. The van der Waals surface area contributed by atoms with Gasteiger partial charge in [0.15, 0.2) is 0 Å². The maximum absolute atomic E-state index is 13.1. The molecule has 0 radical (unpaired) electrons. The van der Waals surface area contributed by atoms with E-state index in [4.69, 9.17) is 14.6 Å². The molecular formula is C24H31F3N4O6S. The van der Waals surface area contributed by atoms with E-state index in [1.165, 1.54) is 19.2 Å². The van der Waals surface area contributed by atoms with Gasteiger partial charge in [-0.2, -0.15) is 13.2 Å². The molecule has 1 heterocycles. The van der Waals surface area contributed by atoms with Gasteiger partial charge in [-0.05, 0) is 56.3 Å². The molecule has 0 spiro atoms. The number of hydrogen-bond acceptors (Lipinski definition) is 7. The zero-order chi connectivity index (χ0) is 28.5. The number of benzene rings is 2. The molecule has 1 fully saturated rings. The smallest absolute Gasteiger partial charge is 0.490 e. The molecule has 1 amide bonds. The van der Waals surface area contributed by atoms with Crippen molar-refractivity contribution in [1.82, 2.24) is 10.2 Å². The van der Waals surface area contributed by atoms with E-state index in [2.05, 4.69) is 14.9 Å². The Labute approximate surface area is 219 Å². The van der Waals surface area contributed by atoms with Gasteiger partial charge in [-0.1, -0.05) is 0 Å². The van der Waals surface area contributed by atoms with Crippen LogP contribution >= 0.6 is 0 Å². The van der Waals surface area contributed by atoms with Crippen LogP contribution < -0.4 is 19.7 Å². The van der Waals surface area contributed by atoms with Crippen LogP contribution in [0.25, 0.3) is 0 Å². The lowest BCUT2D eigenvalue weighted by Crippen LogP contribution is -2.43. The number of carboxylic acids is 1. The number of alkyl halides is 3. The quantitative estimate of drug-likeness (QED) is 0.450. The zero-order valence-corrected chi connectivity index (χ0v) is 22.0. The Balaban J connectivity index is 0.000000638. The van der Waals surface area contributed by atoms with Gasteiger partial charge in [0.05, 0.1) is 23.4 Å². The van der Waals surface area contributed by atoms with Crippen molar-refractivity contribution in [2.75, 3.05) is 56.0 Å². The minimum absolute atomic E-state index is 0.123. The maximum Gasteiger partial charge on any atom is 0.490 e. The highest BCUT2D eigenvalue weighted by atomic mass is 32.2. The molecular weight excluding hydrogens is 529 g/mol. The summed E-state index contributed by atoms with van der Waals surface area (Å²) in [7, 11) is -2.32. The Hall–Kier alpha value is -3.52. The Morgan fingerprint density at radius 3 is 2.11 bits per heavy atom. The number of anilines is 2. The predicted molar refractivity (Wildman–Crippen MR) is 136 cm³/mol. The number of rotatable bonds is 8. The molecule has 0 atom stereocenters. The summed E-state index contributed by atoms with van der Waals surface area (Å²) in [5.74, 6) is -2.30. The van der Waals surface area contributed by atoms with Crippen molar-refractivity contribution < 1.29 is 41.0 Å². The number of ether oxygens (including phenoxy) is 1. The standard InChI is InChI=1S/C22H30N4O4S.C2HF3O2/c1-4-25(5-2)22(27)17-6-11-21(26-14-12-23-13-15-26)20(16-17)24-31(28,29)19-9-7-18(30-3)8-10-19;3-2(4,5)1(6)7/h6-11,16,23-24H,4-5,12-15H2,1-3H3;(H,6,7). The summed E-state index contributed by atoms with van der Waals surface area (Å²) in [6.45, 7) is 8.13. The van der Waals surface area contributed by atoms with Gasteiger partial charge in [0.1, 0.15) is 5.75 Å². The Bertz CT molecular complexity index is 1200. The summed E-state index contributed by atoms with van der Waals surface area (Å²) in [4.78, 5) is 25.7. The molecule has 3 N–H and O–H groups in total. The molecule has 38 heavy (non-hydrogen) atoms. The van der Waals surface area contributed by atoms with Crippen molar-refractivity contribution in [1.29, 1.82) is 0 Å². The molecule has 210 valence electrons. The summed E-state index contributed by atoms with van der Waals surface area (Å²) in [5, 5.41) is 10.4. The topological polar surface area (TPSA) is 128 Å². The molecule has 10 nitrogen and oxygen atoms in total. The van der Waals surface area contributed by atoms with E-state index >= 15 is 0 Å². The second-order valence-electron chi connectivity index (χ2n) is 8.03. The molecule has 14 heteroatoms. The zero-order valence-electron chi connectivity index (χ0n) is 21.2. The van der Waals surface area contributed by atoms with E-state index in [1.807, 2.05) is 19.9 Å². The second kappa shape index (κ2) is 13.3. The SMILES string of the molecule is CCN(CC)C(=O)c1ccc(N2CCNCC2)c(NS(=O)(=O)c2ccc(OC)cc2)c1.O=C(O)C(F)(F)F. The molecule has 3 rings (SSSR count). The van der Waals surface area contributed by atoms with Gasteiger partial charge in [-0.15, -0.1) is 0 Å². The van der Waals surface area contributed by atoms with Gasteiger partial charge >= 0.3 is 12.1 Å². The average Bonchev–Trinajstić information content (AvgIpc) is 2.89. The van der Waals surface area contributed by atoms with Crippen LogP contribution in [0.5, 0.6) is 5.75 Å². The first-order valence-corrected chi connectivity index (χ1v) is 13.2. The Kier molecular flexibility index (Phi) is 10.8. The van der Waals surface area contributed by atoms with E-state index in [0.717, 1.165) is 31.9 Å². The number of aliphatic carboxylic acids is 1. The van der Waals surface area contributed by atoms with Gasteiger partial charge < -0.3 is 25.0 Å². The third-order valence-electron chi connectivity index (χ3n) is 5.61. The lowest BCUT2D eigenvalue weighted by atomic mass is 10.1. The molecule has 0 bridgehead atoms. The first-order valence-electron chi connectivity index (χ1n) is 11.7. The molecule has 0 saturated carbocycles. The number of hydrogen-bond donors (Lipinski definition) is 3. The van der Waals surface area contributed by atoms with E-state index in [9.17, 15) is 26.4 Å². The van der Waals surface area contributed by atoms with E-state index in [-0.39, 0.29) is 10.8 Å². The lowest BCUT2D eigenvalue weighted by molar-refractivity contribution is -0.192. The Morgan fingerprint density at radius 2 is 1.63 bits per heavy atom. The molecule has 2 aromatic carbocycles. The highest BCUT2D eigenvalue weighted by molar-refractivity contribution is 7.92. The van der Waals surface area contributed by atoms with E-state index < -0.39 is 22.2 Å². The fourth-order valence-electron chi connectivity index (χ4n) is 3.58. The molecule has 0 aromatic heterocycles. The highest BCUT2D eigenvalue weighted by Gasteiger charge is 2.38. The summed E-state index contributed by atoms with van der Waals surface area (Å²) in [6.07, 6.45) is -5.08. The van der Waals surface area contributed by atoms with Crippen LogP contribution in [0.15, 0.2) is 47.4 Å². The average molecular weight is 561 g/mol. The highest BCUT2D eigenvalue weighted by Crippen LogP contribution is 2.31. The number of amides is 1. The number of methoxy groups -OCH3 is 1. The number of carbonyl (C=O) groups excluding carboxylic acids is 1. The van der Waals surface area contributed by atoms with Crippen LogP contribution in [0.4, 0.5) is 24.5 Å². The minimum Gasteiger partial charge on any atom is -0.497 e. The fourth-order valence-corrected chi connectivity index (χ4v) is 4.65. The number of piperazine rings is 1. The van der Waals surface area contributed by atoms with Crippen LogP contribution in [-0.4, -0.2) is 82.9 Å². The van der Waals surface area contributed by atoms with Gasteiger partial charge in [0, 0.05) is 44.8 Å². The summed E-state index contributed by atoms with van der Waals surface area (Å²) in [5.41, 5.74) is 1.61. The number of carbonyl (C=O) groups is 2. The molecule has 2 aromatic rings. The number of nitrogens with zero attached hydrogens (tertiary/aromatic N) is 2. The molecule has 1 aliphatic rings. The van der Waals surface area contributed by atoms with E-state index in [1.54, 1.807) is 29.2 Å². The van der Waals surface area contributed by atoms with Gasteiger partial charge in [0.25, 0.3) is 15.9 Å². The number of sulfonamides is 1. The van der Waals surface area contributed by atoms with Crippen LogP contribution in [0.3, 0.4) is 0 Å². The van der Waals surface area contributed by atoms with Gasteiger partial charge in [0.2, 0.25) is 0 Å². The van der Waals surface area contributed by atoms with Crippen LogP contribution in [-0.2, 0) is 14.8 Å². The van der Waals surface area contributed by atoms with Crippen LogP contribution in [0, 0.1) is 0 Å². The largest absolute Gasteiger partial charge is 0.497 e. The van der Waals surface area contributed by atoms with Gasteiger partial charge in [-0.25, -0.2) is 13.2 Å². The van der Waals surface area contributed by atoms with Crippen molar-refractivity contribution in [3.8, 4) is 5.75 Å². The number of nitrogens with one attached hydrogen (secondary N) is 2. The third-order valence-corrected chi connectivity index (χ3v) is 6.99. The first-order chi connectivity index (χ1) is 17.8. The van der Waals surface area contributed by atoms with Gasteiger partial charge in [-0.3, -0.25) is 9.52 Å². The molecule has 0 aliphatic carbocycles. The normalized spacial score (nSPS) is 13.7. The predicted octanol–water partition coefficient (Wildman–Crippen LogP) is 3.02. The Morgan fingerprint density at radius 1 is 1.08 bits per heavy atom. The molecule has 1 saturated heterocycles. The van der Waals surface area contributed by atoms with Crippen LogP contribution in [0.1, 0.15) is 24.2 Å². The second-order valence-corrected chi connectivity index (χ2v) is 9.71. The fraction of sp³-hybridized carbons (Fsp3) is 0.417.